The van der Waals surface area contributed by atoms with E-state index in [4.69, 9.17) is 10.5 Å². The highest BCUT2D eigenvalue weighted by Gasteiger charge is 2.42. The summed E-state index contributed by atoms with van der Waals surface area (Å²) in [7, 11) is 0. The summed E-state index contributed by atoms with van der Waals surface area (Å²) >= 11 is 0. The second-order valence-corrected chi connectivity index (χ2v) is 9.81. The second kappa shape index (κ2) is 11.0. The van der Waals surface area contributed by atoms with Crippen LogP contribution in [0, 0.1) is 5.92 Å². The van der Waals surface area contributed by atoms with Crippen LogP contribution in [0.25, 0.3) is 0 Å². The number of hydrogen-bond donors (Lipinski definition) is 2. The molecular formula is C27H33N5O4. The normalized spacial score (nSPS) is 18.5. The van der Waals surface area contributed by atoms with Crippen molar-refractivity contribution in [2.24, 2.45) is 16.8 Å². The van der Waals surface area contributed by atoms with E-state index in [0.717, 1.165) is 16.8 Å². The summed E-state index contributed by atoms with van der Waals surface area (Å²) in [6.45, 7) is 4.49. The summed E-state index contributed by atoms with van der Waals surface area (Å²) in [5.41, 5.74) is 7.54. The zero-order valence-electron chi connectivity index (χ0n) is 20.7. The number of hydrogen-bond acceptors (Lipinski definition) is 6. The van der Waals surface area contributed by atoms with Crippen LogP contribution in [0.3, 0.4) is 0 Å². The molecule has 3 amide bonds. The van der Waals surface area contributed by atoms with Crippen molar-refractivity contribution in [3.05, 3.63) is 71.8 Å². The number of carbonyl (C=O) groups excluding carboxylic acids is 3. The molecule has 2 heterocycles. The van der Waals surface area contributed by atoms with Crippen LogP contribution >= 0.6 is 0 Å². The van der Waals surface area contributed by atoms with E-state index in [0.29, 0.717) is 26.1 Å². The van der Waals surface area contributed by atoms with Crippen molar-refractivity contribution in [1.29, 1.82) is 0 Å². The van der Waals surface area contributed by atoms with Crippen LogP contribution in [0.2, 0.25) is 0 Å². The molecule has 2 aliphatic rings. The van der Waals surface area contributed by atoms with Gasteiger partial charge in [0.1, 0.15) is 6.04 Å². The average Bonchev–Trinajstić information content (AvgIpc) is 3.18. The van der Waals surface area contributed by atoms with Gasteiger partial charge in [0, 0.05) is 19.5 Å². The third-order valence-corrected chi connectivity index (χ3v) is 6.32. The molecule has 1 saturated heterocycles. The molecule has 0 radical (unpaired) electrons. The van der Waals surface area contributed by atoms with Gasteiger partial charge in [0.2, 0.25) is 11.8 Å². The maximum absolute atomic E-state index is 13.5. The van der Waals surface area contributed by atoms with Crippen LogP contribution in [-0.4, -0.2) is 64.6 Å². The highest BCUT2D eigenvalue weighted by Crippen LogP contribution is 2.25. The van der Waals surface area contributed by atoms with E-state index in [2.05, 4.69) is 10.4 Å². The Bertz CT molecular complexity index is 1110. The molecule has 3 N–H and O–H groups in total. The zero-order chi connectivity index (χ0) is 25.7. The van der Waals surface area contributed by atoms with Gasteiger partial charge in [-0.3, -0.25) is 14.4 Å². The predicted octanol–water partition coefficient (Wildman–Crippen LogP) is 1.67. The Morgan fingerprint density at radius 3 is 2.39 bits per heavy atom. The monoisotopic (exact) mass is 491 g/mol. The Hall–Kier alpha value is -3.56. The van der Waals surface area contributed by atoms with E-state index in [1.54, 1.807) is 18.7 Å². The van der Waals surface area contributed by atoms with E-state index in [1.807, 2.05) is 60.7 Å². The van der Waals surface area contributed by atoms with Crippen molar-refractivity contribution in [3.8, 4) is 0 Å². The molecule has 2 aliphatic heterocycles. The highest BCUT2D eigenvalue weighted by atomic mass is 16.5. The summed E-state index contributed by atoms with van der Waals surface area (Å²) in [6.07, 6.45) is 0.501. The summed E-state index contributed by atoms with van der Waals surface area (Å²) in [4.78, 5) is 40.8. The van der Waals surface area contributed by atoms with Gasteiger partial charge in [-0.15, -0.1) is 0 Å². The molecule has 9 heteroatoms. The third kappa shape index (κ3) is 6.16. The van der Waals surface area contributed by atoms with Gasteiger partial charge in [-0.1, -0.05) is 60.7 Å². The Morgan fingerprint density at radius 2 is 1.75 bits per heavy atom. The lowest BCUT2D eigenvalue weighted by molar-refractivity contribution is -0.141. The molecule has 0 aliphatic carbocycles. The van der Waals surface area contributed by atoms with E-state index in [9.17, 15) is 14.4 Å². The molecule has 2 aromatic carbocycles. The van der Waals surface area contributed by atoms with Crippen molar-refractivity contribution in [3.63, 3.8) is 0 Å². The lowest BCUT2D eigenvalue weighted by atomic mass is 9.95. The first-order valence-electron chi connectivity index (χ1n) is 12.2. The Kier molecular flexibility index (Phi) is 7.81. The number of nitrogens with zero attached hydrogens (tertiary/aromatic N) is 3. The number of amides is 3. The molecule has 36 heavy (non-hydrogen) atoms. The molecule has 2 aromatic rings. The Morgan fingerprint density at radius 1 is 1.11 bits per heavy atom. The first kappa shape index (κ1) is 25.5. The van der Waals surface area contributed by atoms with Crippen LogP contribution in [0.1, 0.15) is 31.4 Å². The number of carbonyl (C=O) groups is 3. The Balaban J connectivity index is 1.41. The fraction of sp³-hybridized carbons (Fsp3) is 0.407. The smallest absolute Gasteiger partial charge is 0.253 e. The topological polar surface area (TPSA) is 117 Å². The first-order valence-corrected chi connectivity index (χ1v) is 12.2. The standard InChI is InChI=1S/C27H33N5O4/c1-27(2,28)26(35)29-23(18-36-17-20-11-7-4-8-12-20)25(34)31-14-13-22-21(16-31)24(33)32(30-22)15-19-9-5-3-6-10-19/h3-12,21,23H,13-18,28H2,1-2H3,(H,29,35). The molecule has 0 bridgehead atoms. The van der Waals surface area contributed by atoms with Gasteiger partial charge in [0.15, 0.2) is 0 Å². The maximum atomic E-state index is 13.5. The number of likely N-dealkylation sites (tertiary alicyclic amines) is 1. The summed E-state index contributed by atoms with van der Waals surface area (Å²) in [6, 6.07) is 18.3. The average molecular weight is 492 g/mol. The van der Waals surface area contributed by atoms with Crippen molar-refractivity contribution >= 4 is 23.4 Å². The van der Waals surface area contributed by atoms with Crippen LogP contribution in [0.5, 0.6) is 0 Å². The number of nitrogens with two attached hydrogens (primary N) is 1. The zero-order valence-corrected chi connectivity index (χ0v) is 20.7. The lowest BCUT2D eigenvalue weighted by Gasteiger charge is -2.34. The van der Waals surface area contributed by atoms with Gasteiger partial charge < -0.3 is 20.7 Å². The quantitative estimate of drug-likeness (QED) is 0.553. The fourth-order valence-electron chi connectivity index (χ4n) is 4.24. The fourth-order valence-corrected chi connectivity index (χ4v) is 4.24. The molecule has 9 nitrogen and oxygen atoms in total. The number of hydrazone groups is 1. The maximum Gasteiger partial charge on any atom is 0.253 e. The van der Waals surface area contributed by atoms with E-state index in [-0.39, 0.29) is 25.0 Å². The molecular weight excluding hydrogens is 458 g/mol. The molecule has 0 saturated carbocycles. The molecule has 2 unspecified atom stereocenters. The Labute approximate surface area is 211 Å². The van der Waals surface area contributed by atoms with Crippen LogP contribution in [-0.2, 0) is 32.3 Å². The van der Waals surface area contributed by atoms with Gasteiger partial charge in [-0.25, -0.2) is 5.01 Å². The molecule has 1 fully saturated rings. The second-order valence-electron chi connectivity index (χ2n) is 9.81. The summed E-state index contributed by atoms with van der Waals surface area (Å²) < 4.78 is 5.80. The van der Waals surface area contributed by atoms with Gasteiger partial charge in [0.25, 0.3) is 5.91 Å². The largest absolute Gasteiger partial charge is 0.374 e. The SMILES string of the molecule is CC(C)(N)C(=O)NC(COCc1ccccc1)C(=O)N1CCC2=NN(Cc3ccccc3)C(=O)C2C1. The number of benzene rings is 2. The number of nitrogens with one attached hydrogen (secondary N) is 1. The first-order chi connectivity index (χ1) is 17.2. The van der Waals surface area contributed by atoms with Gasteiger partial charge >= 0.3 is 0 Å². The minimum Gasteiger partial charge on any atom is -0.374 e. The van der Waals surface area contributed by atoms with Crippen molar-refractivity contribution in [2.45, 2.75) is 45.0 Å². The summed E-state index contributed by atoms with van der Waals surface area (Å²) in [5.74, 6) is -1.34. The van der Waals surface area contributed by atoms with Crippen LogP contribution in [0.15, 0.2) is 65.8 Å². The van der Waals surface area contributed by atoms with Crippen LogP contribution < -0.4 is 11.1 Å². The number of ether oxygens (including phenoxy) is 1. The van der Waals surface area contributed by atoms with Crippen molar-refractivity contribution < 1.29 is 19.1 Å². The predicted molar refractivity (Wildman–Crippen MR) is 135 cm³/mol. The van der Waals surface area contributed by atoms with Crippen LogP contribution in [0.4, 0.5) is 0 Å². The van der Waals surface area contributed by atoms with Gasteiger partial charge in [-0.05, 0) is 25.0 Å². The van der Waals surface area contributed by atoms with E-state index in [1.165, 1.54) is 5.01 Å². The lowest BCUT2D eigenvalue weighted by Crippen LogP contribution is -2.59. The minimum absolute atomic E-state index is 0.00820. The molecule has 190 valence electrons. The molecule has 4 rings (SSSR count). The highest BCUT2D eigenvalue weighted by molar-refractivity contribution is 6.09. The minimum atomic E-state index is -1.15. The van der Waals surface area contributed by atoms with Gasteiger partial charge in [-0.2, -0.15) is 5.10 Å². The van der Waals surface area contributed by atoms with Gasteiger partial charge in [0.05, 0.1) is 36.9 Å². The van der Waals surface area contributed by atoms with Crippen molar-refractivity contribution in [1.82, 2.24) is 15.2 Å². The third-order valence-electron chi connectivity index (χ3n) is 6.32. The number of rotatable bonds is 9. The van der Waals surface area contributed by atoms with E-state index < -0.39 is 23.4 Å². The molecule has 2 atom stereocenters. The number of piperidine rings is 1. The van der Waals surface area contributed by atoms with Crippen molar-refractivity contribution in [2.75, 3.05) is 19.7 Å². The van der Waals surface area contributed by atoms with E-state index >= 15 is 0 Å². The molecule has 0 spiro atoms. The molecule has 0 aromatic heterocycles. The summed E-state index contributed by atoms with van der Waals surface area (Å²) in [5, 5.41) is 8.78. The number of fused-ring (bicyclic) bond motifs is 1.